The first-order valence-corrected chi connectivity index (χ1v) is 5.08. The Kier molecular flexibility index (Phi) is 7.46. The maximum Gasteiger partial charge on any atom is 0.191 e. The maximum absolute atomic E-state index is 11.2. The van der Waals surface area contributed by atoms with Gasteiger partial charge in [-0.05, 0) is 6.42 Å². The normalized spacial score (nSPS) is 9.43. The van der Waals surface area contributed by atoms with Crippen LogP contribution in [0, 0.1) is 28.6 Å². The smallest absolute Gasteiger partial charge is 0.191 e. The second-order valence-electron chi connectivity index (χ2n) is 3.32. The number of hydrogen-bond donors (Lipinski definition) is 0. The van der Waals surface area contributed by atoms with Gasteiger partial charge >= 0.3 is 0 Å². The maximum atomic E-state index is 11.2. The highest BCUT2D eigenvalue weighted by Crippen LogP contribution is 2.08. The fraction of sp³-hybridized carbons (Fsp3) is 0.727. The van der Waals surface area contributed by atoms with E-state index in [9.17, 15) is 4.79 Å². The molecule has 3 heteroatoms. The summed E-state index contributed by atoms with van der Waals surface area (Å²) in [5, 5.41) is 16.9. The van der Waals surface area contributed by atoms with E-state index in [1.54, 1.807) is 12.1 Å². The minimum atomic E-state index is -1.05. The van der Waals surface area contributed by atoms with Gasteiger partial charge < -0.3 is 0 Å². The van der Waals surface area contributed by atoms with E-state index in [0.29, 0.717) is 6.42 Å². The molecule has 0 aromatic heterocycles. The van der Waals surface area contributed by atoms with Gasteiger partial charge in [0.25, 0.3) is 0 Å². The number of hydrogen-bond acceptors (Lipinski definition) is 3. The van der Waals surface area contributed by atoms with Crippen LogP contribution in [0.5, 0.6) is 0 Å². The van der Waals surface area contributed by atoms with E-state index in [4.69, 9.17) is 10.5 Å². The third-order valence-corrected chi connectivity index (χ3v) is 2.11. The molecule has 0 aromatic carbocycles. The highest BCUT2D eigenvalue weighted by Gasteiger charge is 2.15. The molecule has 0 spiro atoms. The van der Waals surface area contributed by atoms with Crippen LogP contribution in [-0.4, -0.2) is 5.78 Å². The third kappa shape index (κ3) is 5.32. The first-order valence-electron chi connectivity index (χ1n) is 5.08. The molecule has 0 rings (SSSR count). The van der Waals surface area contributed by atoms with Crippen molar-refractivity contribution in [2.75, 3.05) is 0 Å². The summed E-state index contributed by atoms with van der Waals surface area (Å²) in [6, 6.07) is 3.39. The van der Waals surface area contributed by atoms with Crippen molar-refractivity contribution in [2.24, 2.45) is 5.92 Å². The molecule has 0 amide bonds. The fourth-order valence-electron chi connectivity index (χ4n) is 1.22. The third-order valence-electron chi connectivity index (χ3n) is 2.11. The summed E-state index contributed by atoms with van der Waals surface area (Å²) in [6.07, 6.45) is 5.69. The lowest BCUT2D eigenvalue weighted by Crippen LogP contribution is -2.09. The zero-order chi connectivity index (χ0) is 10.8. The van der Waals surface area contributed by atoms with Crippen LogP contribution >= 0.6 is 0 Å². The van der Waals surface area contributed by atoms with E-state index in [-0.39, 0.29) is 5.78 Å². The molecule has 14 heavy (non-hydrogen) atoms. The van der Waals surface area contributed by atoms with Crippen LogP contribution in [0.3, 0.4) is 0 Å². The minimum Gasteiger partial charge on any atom is -0.297 e. The van der Waals surface area contributed by atoms with E-state index >= 15 is 0 Å². The lowest BCUT2D eigenvalue weighted by Gasteiger charge is -2.00. The highest BCUT2D eigenvalue weighted by molar-refractivity contribution is 5.85. The number of carbonyl (C=O) groups is 1. The number of ketones is 1. The molecule has 0 fully saturated rings. The summed E-state index contributed by atoms with van der Waals surface area (Å²) < 4.78 is 0. The quantitative estimate of drug-likeness (QED) is 0.582. The molecule has 3 nitrogen and oxygen atoms in total. The Labute approximate surface area is 85.3 Å². The van der Waals surface area contributed by atoms with Gasteiger partial charge in [-0.15, -0.1) is 0 Å². The van der Waals surface area contributed by atoms with Crippen molar-refractivity contribution in [1.29, 1.82) is 10.5 Å². The summed E-state index contributed by atoms with van der Waals surface area (Å²) in [7, 11) is 0. The van der Waals surface area contributed by atoms with Crippen LogP contribution in [0.2, 0.25) is 0 Å². The highest BCUT2D eigenvalue weighted by atomic mass is 16.1. The fourth-order valence-corrected chi connectivity index (χ4v) is 1.22. The number of nitriles is 2. The summed E-state index contributed by atoms with van der Waals surface area (Å²) in [5.41, 5.74) is 0. The van der Waals surface area contributed by atoms with Crippen LogP contribution in [0.4, 0.5) is 0 Å². The van der Waals surface area contributed by atoms with Gasteiger partial charge in [0.05, 0.1) is 12.1 Å². The molecule has 0 saturated carbocycles. The topological polar surface area (TPSA) is 64.7 Å². The van der Waals surface area contributed by atoms with Crippen LogP contribution in [0.1, 0.15) is 45.4 Å². The van der Waals surface area contributed by atoms with Crippen LogP contribution in [-0.2, 0) is 4.79 Å². The zero-order valence-corrected chi connectivity index (χ0v) is 8.62. The van der Waals surface area contributed by atoms with Gasteiger partial charge in [-0.25, -0.2) is 0 Å². The Bertz CT molecular complexity index is 233. The Morgan fingerprint density at radius 2 is 1.71 bits per heavy atom. The molecule has 0 saturated heterocycles. The Morgan fingerprint density at radius 3 is 2.21 bits per heavy atom. The molecule has 0 aliphatic carbocycles. The Balaban J connectivity index is 3.56. The second kappa shape index (κ2) is 8.26. The summed E-state index contributed by atoms with van der Waals surface area (Å²) in [4.78, 5) is 11.2. The summed E-state index contributed by atoms with van der Waals surface area (Å²) in [5.74, 6) is -1.28. The lowest BCUT2D eigenvalue weighted by atomic mass is 10.0. The number of Topliss-reactive ketones (excluding diaryl/α,β-unsaturated/α-hetero) is 1. The zero-order valence-electron chi connectivity index (χ0n) is 8.62. The molecule has 76 valence electrons. The predicted molar refractivity (Wildman–Crippen MR) is 53.1 cm³/mol. The molecule has 0 radical (unpaired) electrons. The van der Waals surface area contributed by atoms with Crippen molar-refractivity contribution in [3.63, 3.8) is 0 Å². The largest absolute Gasteiger partial charge is 0.297 e. The molecule has 0 aromatic rings. The van der Waals surface area contributed by atoms with Gasteiger partial charge in [0, 0.05) is 6.42 Å². The average molecular weight is 192 g/mol. The van der Waals surface area contributed by atoms with Crippen LogP contribution < -0.4 is 0 Å². The molecule has 0 bridgehead atoms. The summed E-state index contributed by atoms with van der Waals surface area (Å²) in [6.45, 7) is 2.13. The van der Waals surface area contributed by atoms with Crippen molar-refractivity contribution in [3.05, 3.63) is 0 Å². The summed E-state index contributed by atoms with van der Waals surface area (Å²) >= 11 is 0. The first-order chi connectivity index (χ1) is 6.76. The minimum absolute atomic E-state index is 0.230. The van der Waals surface area contributed by atoms with E-state index in [2.05, 4.69) is 6.92 Å². The van der Waals surface area contributed by atoms with Gasteiger partial charge in [-0.2, -0.15) is 10.5 Å². The average Bonchev–Trinajstić information content (AvgIpc) is 2.19. The van der Waals surface area contributed by atoms with E-state index in [1.165, 1.54) is 12.8 Å². The van der Waals surface area contributed by atoms with Crippen molar-refractivity contribution < 1.29 is 4.79 Å². The van der Waals surface area contributed by atoms with Crippen LogP contribution in [0.15, 0.2) is 0 Å². The van der Waals surface area contributed by atoms with E-state index in [0.717, 1.165) is 19.3 Å². The van der Waals surface area contributed by atoms with Gasteiger partial charge in [0.15, 0.2) is 11.7 Å². The first kappa shape index (κ1) is 12.7. The van der Waals surface area contributed by atoms with Crippen molar-refractivity contribution in [1.82, 2.24) is 0 Å². The molecule has 0 unspecified atom stereocenters. The van der Waals surface area contributed by atoms with E-state index in [1.807, 2.05) is 0 Å². The molecular weight excluding hydrogens is 176 g/mol. The molecular formula is C11H16N2O. The molecule has 0 aliphatic rings. The van der Waals surface area contributed by atoms with Crippen LogP contribution in [0.25, 0.3) is 0 Å². The predicted octanol–water partition coefficient (Wildman–Crippen LogP) is 2.58. The number of unbranched alkanes of at least 4 members (excludes halogenated alkanes) is 4. The monoisotopic (exact) mass is 192 g/mol. The number of rotatable bonds is 7. The second-order valence-corrected chi connectivity index (χ2v) is 3.32. The number of nitrogens with zero attached hydrogens (tertiary/aromatic N) is 2. The van der Waals surface area contributed by atoms with E-state index < -0.39 is 5.92 Å². The van der Waals surface area contributed by atoms with Crippen molar-refractivity contribution in [3.8, 4) is 12.1 Å². The molecule has 0 heterocycles. The van der Waals surface area contributed by atoms with Gasteiger partial charge in [0.1, 0.15) is 0 Å². The Morgan fingerprint density at radius 1 is 1.14 bits per heavy atom. The Hall–Kier alpha value is -1.35. The van der Waals surface area contributed by atoms with Crippen molar-refractivity contribution >= 4 is 5.78 Å². The van der Waals surface area contributed by atoms with Gasteiger partial charge in [-0.1, -0.05) is 32.6 Å². The van der Waals surface area contributed by atoms with Gasteiger partial charge in [0.2, 0.25) is 0 Å². The molecule has 0 N–H and O–H groups in total. The number of carbonyl (C=O) groups excluding carboxylic acids is 1. The SMILES string of the molecule is CCCCCCCC(=O)C(C#N)C#N. The molecule has 0 aliphatic heterocycles. The standard InChI is InChI=1S/C11H16N2O/c1-2-3-4-5-6-7-11(14)10(8-12)9-13/h10H,2-7H2,1H3. The lowest BCUT2D eigenvalue weighted by molar-refractivity contribution is -0.120. The van der Waals surface area contributed by atoms with Crippen molar-refractivity contribution in [2.45, 2.75) is 45.4 Å². The van der Waals surface area contributed by atoms with Gasteiger partial charge in [-0.3, -0.25) is 4.79 Å². The molecule has 0 atom stereocenters.